The number of rotatable bonds is 5. The van der Waals surface area contributed by atoms with E-state index in [0.717, 1.165) is 25.6 Å². The van der Waals surface area contributed by atoms with Crippen molar-refractivity contribution in [3.63, 3.8) is 0 Å². The predicted octanol–water partition coefficient (Wildman–Crippen LogP) is 2.26. The SMILES string of the molecule is CC(C)=CCN1CCN(C2CCCC2)C(CCO)C1. The monoisotopic (exact) mass is 266 g/mol. The highest BCUT2D eigenvalue weighted by atomic mass is 16.3. The summed E-state index contributed by atoms with van der Waals surface area (Å²) in [6.45, 7) is 9.22. The molecule has 0 radical (unpaired) electrons. The van der Waals surface area contributed by atoms with Gasteiger partial charge in [-0.2, -0.15) is 0 Å². The Bertz CT molecular complexity index is 293. The lowest BCUT2D eigenvalue weighted by Crippen LogP contribution is -2.56. The van der Waals surface area contributed by atoms with E-state index in [2.05, 4.69) is 29.7 Å². The smallest absolute Gasteiger partial charge is 0.0446 e. The van der Waals surface area contributed by atoms with Crippen LogP contribution in [-0.2, 0) is 0 Å². The Hall–Kier alpha value is -0.380. The molecule has 1 heterocycles. The standard InChI is InChI=1S/C16H30N2O/c1-14(2)7-9-17-10-11-18(15-5-3-4-6-15)16(13-17)8-12-19/h7,15-16,19H,3-6,8-13H2,1-2H3. The second-order valence-corrected chi connectivity index (χ2v) is 6.38. The Balaban J connectivity index is 1.91. The normalized spacial score (nSPS) is 26.8. The van der Waals surface area contributed by atoms with Gasteiger partial charge in [0.15, 0.2) is 0 Å². The van der Waals surface area contributed by atoms with Crippen molar-refractivity contribution in [3.8, 4) is 0 Å². The Morgan fingerprint density at radius 3 is 2.58 bits per heavy atom. The summed E-state index contributed by atoms with van der Waals surface area (Å²) in [5, 5.41) is 9.33. The molecule has 1 saturated carbocycles. The van der Waals surface area contributed by atoms with E-state index in [1.807, 2.05) is 0 Å². The molecule has 0 aromatic carbocycles. The van der Waals surface area contributed by atoms with E-state index < -0.39 is 0 Å². The van der Waals surface area contributed by atoms with Crippen molar-refractivity contribution in [1.82, 2.24) is 9.80 Å². The first-order valence-corrected chi connectivity index (χ1v) is 7.93. The minimum atomic E-state index is 0.324. The number of aliphatic hydroxyl groups is 1. The topological polar surface area (TPSA) is 26.7 Å². The van der Waals surface area contributed by atoms with E-state index in [0.29, 0.717) is 12.6 Å². The van der Waals surface area contributed by atoms with E-state index >= 15 is 0 Å². The molecule has 2 rings (SSSR count). The van der Waals surface area contributed by atoms with Crippen molar-refractivity contribution in [2.24, 2.45) is 0 Å². The Kier molecular flexibility index (Phi) is 5.86. The van der Waals surface area contributed by atoms with Crippen LogP contribution < -0.4 is 0 Å². The molecule has 0 amide bonds. The highest BCUT2D eigenvalue weighted by Gasteiger charge is 2.32. The minimum absolute atomic E-state index is 0.324. The fourth-order valence-electron chi connectivity index (χ4n) is 3.53. The maximum Gasteiger partial charge on any atom is 0.0446 e. The molecule has 1 saturated heterocycles. The number of piperazine rings is 1. The lowest BCUT2D eigenvalue weighted by Gasteiger charge is -2.44. The van der Waals surface area contributed by atoms with Crippen molar-refractivity contribution in [2.45, 2.75) is 58.0 Å². The van der Waals surface area contributed by atoms with Gasteiger partial charge < -0.3 is 5.11 Å². The van der Waals surface area contributed by atoms with Crippen LogP contribution in [0.3, 0.4) is 0 Å². The van der Waals surface area contributed by atoms with E-state index in [4.69, 9.17) is 0 Å². The molecule has 3 heteroatoms. The maximum absolute atomic E-state index is 9.33. The largest absolute Gasteiger partial charge is 0.396 e. The van der Waals surface area contributed by atoms with Crippen LogP contribution in [0.4, 0.5) is 0 Å². The Morgan fingerprint density at radius 1 is 1.21 bits per heavy atom. The van der Waals surface area contributed by atoms with E-state index in [9.17, 15) is 5.11 Å². The van der Waals surface area contributed by atoms with Crippen LogP contribution >= 0.6 is 0 Å². The molecule has 1 aliphatic heterocycles. The van der Waals surface area contributed by atoms with Gasteiger partial charge in [-0.25, -0.2) is 0 Å². The average Bonchev–Trinajstić information content (AvgIpc) is 2.91. The molecule has 3 nitrogen and oxygen atoms in total. The molecule has 0 bridgehead atoms. The summed E-state index contributed by atoms with van der Waals surface area (Å²) in [6.07, 6.45) is 8.79. The van der Waals surface area contributed by atoms with Gasteiger partial charge in [0, 0.05) is 44.9 Å². The molecular formula is C16H30N2O. The third kappa shape index (κ3) is 4.30. The quantitative estimate of drug-likeness (QED) is 0.773. The lowest BCUT2D eigenvalue weighted by atomic mass is 10.0. The molecular weight excluding hydrogens is 236 g/mol. The average molecular weight is 266 g/mol. The highest BCUT2D eigenvalue weighted by Crippen LogP contribution is 2.27. The zero-order chi connectivity index (χ0) is 13.7. The van der Waals surface area contributed by atoms with Crippen molar-refractivity contribution in [2.75, 3.05) is 32.8 Å². The molecule has 2 aliphatic rings. The summed E-state index contributed by atoms with van der Waals surface area (Å²) >= 11 is 0. The van der Waals surface area contributed by atoms with Gasteiger partial charge in [-0.1, -0.05) is 24.5 Å². The van der Waals surface area contributed by atoms with Gasteiger partial charge in [0.1, 0.15) is 0 Å². The van der Waals surface area contributed by atoms with E-state index in [1.165, 1.54) is 44.3 Å². The zero-order valence-electron chi connectivity index (χ0n) is 12.6. The molecule has 1 atom stereocenters. The van der Waals surface area contributed by atoms with Crippen LogP contribution in [0.1, 0.15) is 46.0 Å². The summed E-state index contributed by atoms with van der Waals surface area (Å²) in [4.78, 5) is 5.24. The van der Waals surface area contributed by atoms with Gasteiger partial charge in [0.2, 0.25) is 0 Å². The van der Waals surface area contributed by atoms with Crippen LogP contribution in [0.5, 0.6) is 0 Å². The van der Waals surface area contributed by atoms with Crippen LogP contribution in [0.2, 0.25) is 0 Å². The number of nitrogens with zero attached hydrogens (tertiary/aromatic N) is 2. The predicted molar refractivity (Wildman–Crippen MR) is 80.3 cm³/mol. The summed E-state index contributed by atoms with van der Waals surface area (Å²) < 4.78 is 0. The first-order chi connectivity index (χ1) is 9.20. The van der Waals surface area contributed by atoms with Crippen molar-refractivity contribution in [1.29, 1.82) is 0 Å². The molecule has 0 aromatic heterocycles. The first-order valence-electron chi connectivity index (χ1n) is 7.93. The third-order valence-corrected chi connectivity index (χ3v) is 4.63. The molecule has 110 valence electrons. The number of aliphatic hydroxyl groups excluding tert-OH is 1. The molecule has 2 fully saturated rings. The molecule has 1 N–H and O–H groups in total. The summed E-state index contributed by atoms with van der Waals surface area (Å²) in [7, 11) is 0. The highest BCUT2D eigenvalue weighted by molar-refractivity contribution is 4.97. The van der Waals surface area contributed by atoms with Gasteiger partial charge in [0.05, 0.1) is 0 Å². The summed E-state index contributed by atoms with van der Waals surface area (Å²) in [5.41, 5.74) is 1.40. The van der Waals surface area contributed by atoms with Gasteiger partial charge in [-0.3, -0.25) is 9.80 Å². The van der Waals surface area contributed by atoms with Crippen molar-refractivity contribution < 1.29 is 5.11 Å². The molecule has 19 heavy (non-hydrogen) atoms. The summed E-state index contributed by atoms with van der Waals surface area (Å²) in [5.74, 6) is 0. The summed E-state index contributed by atoms with van der Waals surface area (Å²) in [6, 6.07) is 1.36. The molecule has 0 aromatic rings. The molecule has 1 aliphatic carbocycles. The molecule has 1 unspecified atom stereocenters. The number of hydrogen-bond donors (Lipinski definition) is 1. The van der Waals surface area contributed by atoms with Crippen molar-refractivity contribution in [3.05, 3.63) is 11.6 Å². The van der Waals surface area contributed by atoms with Gasteiger partial charge in [-0.05, 0) is 33.1 Å². The lowest BCUT2D eigenvalue weighted by molar-refractivity contribution is 0.0346. The minimum Gasteiger partial charge on any atom is -0.396 e. The third-order valence-electron chi connectivity index (χ3n) is 4.63. The van der Waals surface area contributed by atoms with Crippen LogP contribution in [0.25, 0.3) is 0 Å². The van der Waals surface area contributed by atoms with E-state index in [-0.39, 0.29) is 0 Å². The number of hydrogen-bond acceptors (Lipinski definition) is 3. The second kappa shape index (κ2) is 7.41. The number of allylic oxidation sites excluding steroid dienone is 1. The zero-order valence-corrected chi connectivity index (χ0v) is 12.6. The fraction of sp³-hybridized carbons (Fsp3) is 0.875. The van der Waals surface area contributed by atoms with Gasteiger partial charge >= 0.3 is 0 Å². The maximum atomic E-state index is 9.33. The Morgan fingerprint density at radius 2 is 1.95 bits per heavy atom. The first kappa shape index (κ1) is 15.0. The van der Waals surface area contributed by atoms with Crippen LogP contribution in [0.15, 0.2) is 11.6 Å². The van der Waals surface area contributed by atoms with E-state index in [1.54, 1.807) is 0 Å². The van der Waals surface area contributed by atoms with Gasteiger partial charge in [0.25, 0.3) is 0 Å². The Labute approximate surface area is 118 Å². The van der Waals surface area contributed by atoms with Crippen LogP contribution in [0, 0.1) is 0 Å². The van der Waals surface area contributed by atoms with Crippen LogP contribution in [-0.4, -0.2) is 59.8 Å². The van der Waals surface area contributed by atoms with Crippen molar-refractivity contribution >= 4 is 0 Å². The van der Waals surface area contributed by atoms with Gasteiger partial charge in [-0.15, -0.1) is 0 Å². The molecule has 0 spiro atoms. The fourth-order valence-corrected chi connectivity index (χ4v) is 3.53. The second-order valence-electron chi connectivity index (χ2n) is 6.38.